The Morgan fingerprint density at radius 2 is 1.34 bits per heavy atom. The normalized spacial score (nSPS) is 17.8. The lowest BCUT2D eigenvalue weighted by atomic mass is 9.93. The van der Waals surface area contributed by atoms with Crippen molar-refractivity contribution < 1.29 is 23.7 Å². The smallest absolute Gasteiger partial charge is 0.161 e. The van der Waals surface area contributed by atoms with Gasteiger partial charge in [0, 0.05) is 6.42 Å². The van der Waals surface area contributed by atoms with Crippen LogP contribution in [-0.4, -0.2) is 34.5 Å². The molecule has 0 aliphatic carbocycles. The highest BCUT2D eigenvalue weighted by Gasteiger charge is 2.40. The number of nitrogens with zero attached hydrogens (tertiary/aromatic N) is 1. The predicted molar refractivity (Wildman–Crippen MR) is 110 cm³/mol. The zero-order valence-corrected chi connectivity index (χ0v) is 16.9. The lowest BCUT2D eigenvalue weighted by molar-refractivity contribution is 0.355. The Balaban J connectivity index is 1.98. The summed E-state index contributed by atoms with van der Waals surface area (Å²) in [4.78, 5) is 0. The van der Waals surface area contributed by atoms with Gasteiger partial charge in [-0.25, -0.2) is 0 Å². The average molecular weight is 393 g/mol. The number of hydrogen-bond donors (Lipinski definition) is 0. The Bertz CT molecular complexity index is 1120. The van der Waals surface area contributed by atoms with Crippen LogP contribution in [0.5, 0.6) is 23.0 Å². The third kappa shape index (κ3) is 3.28. The van der Waals surface area contributed by atoms with E-state index in [1.165, 1.54) is 0 Å². The van der Waals surface area contributed by atoms with Crippen molar-refractivity contribution in [2.24, 2.45) is 0 Å². The van der Waals surface area contributed by atoms with Gasteiger partial charge < -0.3 is 23.7 Å². The van der Waals surface area contributed by atoms with Gasteiger partial charge in [0.05, 0.1) is 40.6 Å². The topological polar surface area (TPSA) is 73.2 Å². The van der Waals surface area contributed by atoms with Gasteiger partial charge in [0.1, 0.15) is 6.10 Å². The van der Waals surface area contributed by atoms with Crippen molar-refractivity contribution in [1.82, 2.24) is 0 Å². The molecule has 1 aliphatic heterocycles. The molecule has 1 saturated heterocycles. The third-order valence-corrected chi connectivity index (χ3v) is 5.42. The molecule has 0 N–H and O–H groups in total. The van der Waals surface area contributed by atoms with Gasteiger partial charge in [-0.05, 0) is 63.9 Å². The minimum Gasteiger partial charge on any atom is -0.493 e. The summed E-state index contributed by atoms with van der Waals surface area (Å²) in [5.74, 6) is 2.66. The molecule has 3 aromatic rings. The highest BCUT2D eigenvalue weighted by Crippen LogP contribution is 2.48. The molecule has 0 bridgehead atoms. The zero-order chi connectivity index (χ0) is 20.5. The Kier molecular flexibility index (Phi) is 5.08. The van der Waals surface area contributed by atoms with Crippen LogP contribution >= 0.6 is 0 Å². The van der Waals surface area contributed by atoms with Crippen molar-refractivity contribution >= 4 is 21.5 Å². The molecule has 1 heterocycles. The van der Waals surface area contributed by atoms with Crippen molar-refractivity contribution in [1.29, 1.82) is 5.26 Å². The van der Waals surface area contributed by atoms with E-state index >= 15 is 0 Å². The summed E-state index contributed by atoms with van der Waals surface area (Å²) >= 11 is 0. The molecular formula is C23H23NO5. The van der Waals surface area contributed by atoms with Gasteiger partial charge in [0.15, 0.2) is 23.0 Å². The van der Waals surface area contributed by atoms with Crippen molar-refractivity contribution in [3.63, 3.8) is 0 Å². The summed E-state index contributed by atoms with van der Waals surface area (Å²) < 4.78 is 28.0. The molecule has 0 spiro atoms. The fourth-order valence-corrected chi connectivity index (χ4v) is 3.91. The van der Waals surface area contributed by atoms with Crippen LogP contribution in [0.15, 0.2) is 30.3 Å². The number of rotatable bonds is 7. The lowest BCUT2D eigenvalue weighted by Gasteiger charge is -2.16. The van der Waals surface area contributed by atoms with Gasteiger partial charge in [-0.1, -0.05) is 0 Å². The summed E-state index contributed by atoms with van der Waals surface area (Å²) in [7, 11) is 6.51. The molecule has 0 radical (unpaired) electrons. The van der Waals surface area contributed by atoms with E-state index in [-0.39, 0.29) is 12.2 Å². The second-order valence-corrected chi connectivity index (χ2v) is 6.94. The number of hydrogen-bond acceptors (Lipinski definition) is 6. The minimum absolute atomic E-state index is 0.0403. The molecular weight excluding hydrogens is 370 g/mol. The maximum Gasteiger partial charge on any atom is 0.161 e. The lowest BCUT2D eigenvalue weighted by Crippen LogP contribution is -1.96. The molecule has 1 aliphatic rings. The largest absolute Gasteiger partial charge is 0.493 e. The molecule has 150 valence electrons. The summed E-state index contributed by atoms with van der Waals surface area (Å²) in [6, 6.07) is 12.2. The van der Waals surface area contributed by atoms with Gasteiger partial charge in [-0.2, -0.15) is 5.26 Å². The van der Waals surface area contributed by atoms with Crippen LogP contribution in [0.3, 0.4) is 0 Å². The Labute approximate surface area is 169 Å². The highest BCUT2D eigenvalue weighted by molar-refractivity contribution is 6.11. The van der Waals surface area contributed by atoms with Crippen LogP contribution in [0.1, 0.15) is 24.5 Å². The molecule has 2 unspecified atom stereocenters. The number of methoxy groups -OCH3 is 4. The first-order chi connectivity index (χ1) is 14.1. The minimum atomic E-state index is -0.0403. The molecule has 29 heavy (non-hydrogen) atoms. The average Bonchev–Trinajstić information content (AvgIpc) is 3.54. The molecule has 0 aromatic heterocycles. The van der Waals surface area contributed by atoms with Crippen molar-refractivity contribution in [3.05, 3.63) is 35.9 Å². The van der Waals surface area contributed by atoms with Crippen LogP contribution in [0.4, 0.5) is 0 Å². The fourth-order valence-electron chi connectivity index (χ4n) is 3.91. The van der Waals surface area contributed by atoms with E-state index in [4.69, 9.17) is 28.9 Å². The van der Waals surface area contributed by atoms with E-state index in [0.717, 1.165) is 33.5 Å². The van der Waals surface area contributed by atoms with Crippen molar-refractivity contribution in [2.45, 2.75) is 25.0 Å². The second kappa shape index (κ2) is 7.69. The molecule has 4 rings (SSSR count). The molecule has 0 amide bonds. The number of ether oxygens (including phenoxy) is 5. The quantitative estimate of drug-likeness (QED) is 0.425. The van der Waals surface area contributed by atoms with Crippen molar-refractivity contribution in [3.8, 4) is 29.1 Å². The van der Waals surface area contributed by atoms with E-state index in [1.54, 1.807) is 28.4 Å². The van der Waals surface area contributed by atoms with Gasteiger partial charge in [-0.15, -0.1) is 0 Å². The van der Waals surface area contributed by atoms with Gasteiger partial charge >= 0.3 is 0 Å². The van der Waals surface area contributed by atoms with E-state index in [0.29, 0.717) is 29.4 Å². The zero-order valence-electron chi connectivity index (χ0n) is 16.9. The maximum absolute atomic E-state index is 8.88. The molecule has 6 heteroatoms. The monoisotopic (exact) mass is 393 g/mol. The standard InChI is InChI=1S/C23H23NO5/c1-25-19-9-13-8-17(23-18(29-23)6-5-7-24)16-12-22(28-4)21(27-3)11-15(16)14(13)10-20(19)26-2/h8-12,18,23H,5-6H2,1-4H3. The SMILES string of the molecule is COc1cc2cc(C3OC3CCC#N)c3cc(OC)c(OC)cc3c2cc1OC. The molecule has 1 fully saturated rings. The summed E-state index contributed by atoms with van der Waals surface area (Å²) in [6.07, 6.45) is 1.22. The molecule has 6 nitrogen and oxygen atoms in total. The van der Waals surface area contributed by atoms with E-state index in [9.17, 15) is 0 Å². The Morgan fingerprint density at radius 3 is 1.93 bits per heavy atom. The van der Waals surface area contributed by atoms with E-state index in [1.807, 2.05) is 24.3 Å². The first-order valence-corrected chi connectivity index (χ1v) is 9.42. The second-order valence-electron chi connectivity index (χ2n) is 6.94. The van der Waals surface area contributed by atoms with E-state index < -0.39 is 0 Å². The molecule has 3 aromatic carbocycles. The summed E-state index contributed by atoms with van der Waals surface area (Å²) in [5.41, 5.74) is 1.07. The van der Waals surface area contributed by atoms with Crippen LogP contribution in [0.2, 0.25) is 0 Å². The van der Waals surface area contributed by atoms with Crippen LogP contribution in [-0.2, 0) is 4.74 Å². The van der Waals surface area contributed by atoms with Crippen LogP contribution in [0.25, 0.3) is 21.5 Å². The van der Waals surface area contributed by atoms with Crippen molar-refractivity contribution in [2.75, 3.05) is 28.4 Å². The number of benzene rings is 3. The predicted octanol–water partition coefficient (Wildman–Crippen LogP) is 4.77. The third-order valence-electron chi connectivity index (χ3n) is 5.42. The Hall–Kier alpha value is -3.17. The van der Waals surface area contributed by atoms with Crippen LogP contribution < -0.4 is 18.9 Å². The summed E-state index contributed by atoms with van der Waals surface area (Å²) in [6.45, 7) is 0. The van der Waals surface area contributed by atoms with Gasteiger partial charge in [-0.3, -0.25) is 0 Å². The number of nitriles is 1. The first-order valence-electron chi connectivity index (χ1n) is 9.42. The molecule has 0 saturated carbocycles. The van der Waals surface area contributed by atoms with Crippen LogP contribution in [0, 0.1) is 11.3 Å². The highest BCUT2D eigenvalue weighted by atomic mass is 16.6. The Morgan fingerprint density at radius 1 is 0.793 bits per heavy atom. The maximum atomic E-state index is 8.88. The summed E-state index contributed by atoms with van der Waals surface area (Å²) in [5, 5.41) is 13.0. The fraction of sp³-hybridized carbons (Fsp3) is 0.348. The van der Waals surface area contributed by atoms with E-state index in [2.05, 4.69) is 12.1 Å². The molecule has 2 atom stereocenters. The number of epoxide rings is 1. The van der Waals surface area contributed by atoms with Gasteiger partial charge in [0.25, 0.3) is 0 Å². The van der Waals surface area contributed by atoms with Gasteiger partial charge in [0.2, 0.25) is 0 Å². The number of fused-ring (bicyclic) bond motifs is 3. The first kappa shape index (κ1) is 19.2.